The fourth-order valence-electron chi connectivity index (χ4n) is 2.04. The number of methoxy groups -OCH3 is 1. The van der Waals surface area contributed by atoms with Crippen LogP contribution in [0.4, 0.5) is 0 Å². The summed E-state index contributed by atoms with van der Waals surface area (Å²) < 4.78 is 5.26. The standard InChI is InChI=1S/C14H17NO2/c1-4-12-10(2)13(15-17-14(12)16-3)11-8-6-5-7-9-11/h5-9,14H,4H2,1-3H3. The summed E-state index contributed by atoms with van der Waals surface area (Å²) in [6.07, 6.45) is 0.559. The van der Waals surface area contributed by atoms with Crippen LogP contribution < -0.4 is 0 Å². The Morgan fingerprint density at radius 3 is 2.59 bits per heavy atom. The summed E-state index contributed by atoms with van der Waals surface area (Å²) >= 11 is 0. The van der Waals surface area contributed by atoms with Crippen molar-refractivity contribution in [2.75, 3.05) is 7.11 Å². The molecule has 0 spiro atoms. The molecule has 0 aliphatic carbocycles. The first-order valence-corrected chi connectivity index (χ1v) is 5.80. The Morgan fingerprint density at radius 2 is 2.00 bits per heavy atom. The molecule has 0 aromatic heterocycles. The van der Waals surface area contributed by atoms with Crippen LogP contribution in [-0.4, -0.2) is 19.1 Å². The third-order valence-electron chi connectivity index (χ3n) is 3.00. The highest BCUT2D eigenvalue weighted by atomic mass is 16.8. The molecule has 1 aliphatic heterocycles. The third kappa shape index (κ3) is 2.24. The number of oxime groups is 1. The molecule has 1 atom stereocenters. The molecule has 0 radical (unpaired) electrons. The number of allylic oxidation sites excluding steroid dienone is 1. The van der Waals surface area contributed by atoms with Crippen LogP contribution in [0.25, 0.3) is 0 Å². The highest BCUT2D eigenvalue weighted by Gasteiger charge is 2.24. The molecule has 0 saturated carbocycles. The Bertz CT molecular complexity index is 449. The lowest BCUT2D eigenvalue weighted by molar-refractivity contribution is -0.101. The highest BCUT2D eigenvalue weighted by Crippen LogP contribution is 2.25. The Labute approximate surface area is 102 Å². The van der Waals surface area contributed by atoms with Gasteiger partial charge in [-0.25, -0.2) is 0 Å². The maximum atomic E-state index is 5.38. The summed E-state index contributed by atoms with van der Waals surface area (Å²) in [7, 11) is 1.64. The first kappa shape index (κ1) is 11.9. The van der Waals surface area contributed by atoms with Gasteiger partial charge in [0.25, 0.3) is 0 Å². The van der Waals surface area contributed by atoms with Crippen molar-refractivity contribution in [2.45, 2.75) is 26.6 Å². The summed E-state index contributed by atoms with van der Waals surface area (Å²) in [5.74, 6) is 0. The molecule has 0 bridgehead atoms. The normalized spacial score (nSPS) is 19.9. The molecule has 0 fully saturated rings. The van der Waals surface area contributed by atoms with E-state index in [0.717, 1.165) is 28.8 Å². The summed E-state index contributed by atoms with van der Waals surface area (Å²) in [6.45, 7) is 4.17. The van der Waals surface area contributed by atoms with E-state index in [4.69, 9.17) is 9.57 Å². The van der Waals surface area contributed by atoms with Crippen LogP contribution in [0.1, 0.15) is 25.8 Å². The Balaban J connectivity index is 2.39. The van der Waals surface area contributed by atoms with E-state index in [1.165, 1.54) is 0 Å². The van der Waals surface area contributed by atoms with Crippen LogP contribution in [0.5, 0.6) is 0 Å². The summed E-state index contributed by atoms with van der Waals surface area (Å²) in [6, 6.07) is 10.1. The van der Waals surface area contributed by atoms with E-state index < -0.39 is 0 Å². The monoisotopic (exact) mass is 231 g/mol. The van der Waals surface area contributed by atoms with Crippen molar-refractivity contribution >= 4 is 5.71 Å². The second kappa shape index (κ2) is 5.15. The molecular weight excluding hydrogens is 214 g/mol. The van der Waals surface area contributed by atoms with E-state index in [1.54, 1.807) is 7.11 Å². The van der Waals surface area contributed by atoms with Gasteiger partial charge in [-0.2, -0.15) is 0 Å². The Kier molecular flexibility index (Phi) is 3.59. The molecule has 1 aromatic rings. The van der Waals surface area contributed by atoms with Gasteiger partial charge in [0.2, 0.25) is 6.29 Å². The predicted molar refractivity (Wildman–Crippen MR) is 67.9 cm³/mol. The van der Waals surface area contributed by atoms with Gasteiger partial charge in [-0.3, -0.25) is 0 Å². The Hall–Kier alpha value is -1.61. The van der Waals surface area contributed by atoms with Crippen molar-refractivity contribution in [3.8, 4) is 0 Å². The zero-order chi connectivity index (χ0) is 12.3. The van der Waals surface area contributed by atoms with E-state index in [2.05, 4.69) is 19.0 Å². The molecule has 1 heterocycles. The average molecular weight is 231 g/mol. The van der Waals surface area contributed by atoms with E-state index in [1.807, 2.05) is 30.3 Å². The van der Waals surface area contributed by atoms with E-state index in [9.17, 15) is 0 Å². The van der Waals surface area contributed by atoms with E-state index in [-0.39, 0.29) is 6.29 Å². The predicted octanol–water partition coefficient (Wildman–Crippen LogP) is 3.12. The lowest BCUT2D eigenvalue weighted by Gasteiger charge is -2.24. The average Bonchev–Trinajstić information content (AvgIpc) is 2.39. The van der Waals surface area contributed by atoms with Crippen molar-refractivity contribution in [1.29, 1.82) is 0 Å². The SMILES string of the molecule is CCC1=C(C)C(c2ccccc2)=NOC1OC. The fourth-order valence-corrected chi connectivity index (χ4v) is 2.04. The molecule has 0 N–H and O–H groups in total. The van der Waals surface area contributed by atoms with Crippen LogP contribution >= 0.6 is 0 Å². The van der Waals surface area contributed by atoms with E-state index in [0.29, 0.717) is 0 Å². The minimum atomic E-state index is -0.340. The summed E-state index contributed by atoms with van der Waals surface area (Å²) in [4.78, 5) is 5.38. The molecule has 17 heavy (non-hydrogen) atoms. The summed E-state index contributed by atoms with van der Waals surface area (Å²) in [5.41, 5.74) is 4.28. The molecule has 1 aromatic carbocycles. The minimum absolute atomic E-state index is 0.340. The Morgan fingerprint density at radius 1 is 1.29 bits per heavy atom. The van der Waals surface area contributed by atoms with Gasteiger partial charge in [0.05, 0.1) is 0 Å². The van der Waals surface area contributed by atoms with Gasteiger partial charge in [0, 0.05) is 18.2 Å². The van der Waals surface area contributed by atoms with Crippen molar-refractivity contribution in [2.24, 2.45) is 5.16 Å². The number of hydrogen-bond donors (Lipinski definition) is 0. The third-order valence-corrected chi connectivity index (χ3v) is 3.00. The van der Waals surface area contributed by atoms with Crippen LogP contribution in [0, 0.1) is 0 Å². The van der Waals surface area contributed by atoms with Crippen LogP contribution in [-0.2, 0) is 9.57 Å². The number of nitrogens with zero attached hydrogens (tertiary/aromatic N) is 1. The maximum absolute atomic E-state index is 5.38. The second-order valence-electron chi connectivity index (χ2n) is 3.98. The van der Waals surface area contributed by atoms with Crippen LogP contribution in [0.15, 0.2) is 46.6 Å². The molecule has 3 heteroatoms. The lowest BCUT2D eigenvalue weighted by atomic mass is 9.96. The van der Waals surface area contributed by atoms with Gasteiger partial charge < -0.3 is 9.57 Å². The van der Waals surface area contributed by atoms with Gasteiger partial charge in [-0.15, -0.1) is 0 Å². The maximum Gasteiger partial charge on any atom is 0.249 e. The fraction of sp³-hybridized carbons (Fsp3) is 0.357. The zero-order valence-corrected chi connectivity index (χ0v) is 10.4. The van der Waals surface area contributed by atoms with Crippen molar-refractivity contribution in [3.63, 3.8) is 0 Å². The van der Waals surface area contributed by atoms with E-state index >= 15 is 0 Å². The largest absolute Gasteiger partial charge is 0.358 e. The molecule has 90 valence electrons. The van der Waals surface area contributed by atoms with Gasteiger partial charge in [-0.1, -0.05) is 42.4 Å². The van der Waals surface area contributed by atoms with Crippen molar-refractivity contribution < 1.29 is 9.57 Å². The first-order valence-electron chi connectivity index (χ1n) is 5.80. The number of ether oxygens (including phenoxy) is 1. The first-order chi connectivity index (χ1) is 8.27. The van der Waals surface area contributed by atoms with Gasteiger partial charge in [0.1, 0.15) is 5.71 Å². The van der Waals surface area contributed by atoms with Gasteiger partial charge in [0.15, 0.2) is 0 Å². The minimum Gasteiger partial charge on any atom is -0.358 e. The van der Waals surface area contributed by atoms with Gasteiger partial charge >= 0.3 is 0 Å². The number of benzene rings is 1. The molecule has 0 amide bonds. The molecule has 1 aliphatic rings. The van der Waals surface area contributed by atoms with Crippen molar-refractivity contribution in [1.82, 2.24) is 0 Å². The van der Waals surface area contributed by atoms with Crippen LogP contribution in [0.3, 0.4) is 0 Å². The quantitative estimate of drug-likeness (QED) is 0.800. The van der Waals surface area contributed by atoms with Crippen molar-refractivity contribution in [3.05, 3.63) is 47.0 Å². The highest BCUT2D eigenvalue weighted by molar-refractivity contribution is 6.12. The second-order valence-corrected chi connectivity index (χ2v) is 3.98. The zero-order valence-electron chi connectivity index (χ0n) is 10.4. The smallest absolute Gasteiger partial charge is 0.249 e. The molecular formula is C14H17NO2. The number of hydrogen-bond acceptors (Lipinski definition) is 3. The molecule has 3 nitrogen and oxygen atoms in total. The molecule has 1 unspecified atom stereocenters. The molecule has 0 saturated heterocycles. The summed E-state index contributed by atoms with van der Waals surface area (Å²) in [5, 5.41) is 4.16. The van der Waals surface area contributed by atoms with Crippen LogP contribution in [0.2, 0.25) is 0 Å². The topological polar surface area (TPSA) is 30.8 Å². The number of rotatable bonds is 3. The molecule has 2 rings (SSSR count). The van der Waals surface area contributed by atoms with Gasteiger partial charge in [-0.05, 0) is 18.9 Å². The lowest BCUT2D eigenvalue weighted by Crippen LogP contribution is -2.24.